The number of rotatable bonds is 5. The van der Waals surface area contributed by atoms with Crippen LogP contribution in [0.5, 0.6) is 0 Å². The smallest absolute Gasteiger partial charge is 0.223 e. The molecule has 1 saturated carbocycles. The van der Waals surface area contributed by atoms with E-state index in [0.29, 0.717) is 24.6 Å². The van der Waals surface area contributed by atoms with Crippen molar-refractivity contribution in [1.82, 2.24) is 10.3 Å². The van der Waals surface area contributed by atoms with Gasteiger partial charge in [0.25, 0.3) is 0 Å². The fourth-order valence-corrected chi connectivity index (χ4v) is 2.59. The summed E-state index contributed by atoms with van der Waals surface area (Å²) in [5.74, 6) is 1.10. The van der Waals surface area contributed by atoms with Gasteiger partial charge in [0.05, 0.1) is 5.69 Å². The Morgan fingerprint density at radius 3 is 2.85 bits per heavy atom. The predicted octanol–water partition coefficient (Wildman–Crippen LogP) is 2.08. The van der Waals surface area contributed by atoms with Crippen molar-refractivity contribution in [2.24, 2.45) is 5.92 Å². The highest BCUT2D eigenvalue weighted by molar-refractivity contribution is 5.78. The van der Waals surface area contributed by atoms with E-state index < -0.39 is 0 Å². The molecule has 110 valence electrons. The van der Waals surface area contributed by atoms with Crippen molar-refractivity contribution in [3.63, 3.8) is 0 Å². The summed E-state index contributed by atoms with van der Waals surface area (Å²) < 4.78 is 0. The van der Waals surface area contributed by atoms with E-state index in [-0.39, 0.29) is 11.8 Å². The fourth-order valence-electron chi connectivity index (χ4n) is 2.59. The van der Waals surface area contributed by atoms with Gasteiger partial charge in [-0.15, -0.1) is 0 Å². The summed E-state index contributed by atoms with van der Waals surface area (Å²) in [4.78, 5) is 16.1. The minimum absolute atomic E-state index is 0.191. The van der Waals surface area contributed by atoms with Gasteiger partial charge in [-0.05, 0) is 31.4 Å². The molecule has 0 aliphatic heterocycles. The molecule has 4 N–H and O–H groups in total. The number of hydrogen-bond donors (Lipinski definition) is 3. The molecule has 0 saturated heterocycles. The Balaban J connectivity index is 1.70. The van der Waals surface area contributed by atoms with Crippen LogP contribution in [0.2, 0.25) is 0 Å². The number of nitrogens with zero attached hydrogens (tertiary/aromatic N) is 1. The Kier molecular flexibility index (Phi) is 5.21. The number of nitrogens with two attached hydrogens (primary N) is 1. The molecule has 1 aromatic rings. The van der Waals surface area contributed by atoms with Gasteiger partial charge in [0.1, 0.15) is 5.82 Å². The number of nitrogens with one attached hydrogen (secondary N) is 2. The monoisotopic (exact) mass is 276 g/mol. The second-order valence-electron chi connectivity index (χ2n) is 5.44. The second-order valence-corrected chi connectivity index (χ2v) is 5.44. The quantitative estimate of drug-likeness (QED) is 0.719. The number of carbonyl (C=O) groups is 1. The van der Waals surface area contributed by atoms with E-state index in [1.54, 1.807) is 6.20 Å². The fraction of sp³-hybridized carbons (Fsp3) is 0.600. The van der Waals surface area contributed by atoms with E-state index in [1.807, 2.05) is 13.0 Å². The van der Waals surface area contributed by atoms with E-state index in [2.05, 4.69) is 15.6 Å². The summed E-state index contributed by atoms with van der Waals surface area (Å²) in [6.07, 6.45) is 7.43. The van der Waals surface area contributed by atoms with E-state index in [4.69, 9.17) is 5.73 Å². The molecular weight excluding hydrogens is 252 g/mol. The third kappa shape index (κ3) is 3.85. The maximum Gasteiger partial charge on any atom is 0.223 e. The van der Waals surface area contributed by atoms with Crippen LogP contribution in [0, 0.1) is 12.8 Å². The van der Waals surface area contributed by atoms with Crippen LogP contribution in [0.25, 0.3) is 0 Å². The Morgan fingerprint density at radius 1 is 1.35 bits per heavy atom. The van der Waals surface area contributed by atoms with Gasteiger partial charge in [-0.25, -0.2) is 4.98 Å². The van der Waals surface area contributed by atoms with Gasteiger partial charge in [-0.2, -0.15) is 0 Å². The standard InChI is InChI=1S/C15H24N4O/c1-11-7-8-17-14(13(11)16)18-9-10-19-15(20)12-5-3-2-4-6-12/h7-8,12H,2-6,9-10,16H2,1H3,(H,17,18)(H,19,20). The molecule has 0 radical (unpaired) electrons. The van der Waals surface area contributed by atoms with Gasteiger partial charge in [0, 0.05) is 25.2 Å². The molecule has 1 heterocycles. The Labute approximate surface area is 120 Å². The number of aryl methyl sites for hydroxylation is 1. The average Bonchev–Trinajstić information content (AvgIpc) is 2.48. The van der Waals surface area contributed by atoms with Crippen LogP contribution in [0.3, 0.4) is 0 Å². The van der Waals surface area contributed by atoms with Gasteiger partial charge in [-0.1, -0.05) is 19.3 Å². The van der Waals surface area contributed by atoms with Gasteiger partial charge >= 0.3 is 0 Å². The summed E-state index contributed by atoms with van der Waals surface area (Å²) in [6.45, 7) is 3.19. The van der Waals surface area contributed by atoms with Crippen molar-refractivity contribution < 1.29 is 4.79 Å². The lowest BCUT2D eigenvalue weighted by Gasteiger charge is -2.20. The molecule has 0 atom stereocenters. The third-order valence-corrected chi connectivity index (χ3v) is 3.90. The molecule has 5 heteroatoms. The van der Waals surface area contributed by atoms with Crippen LogP contribution in [0.1, 0.15) is 37.7 Å². The molecule has 1 aliphatic carbocycles. The van der Waals surface area contributed by atoms with Gasteiger partial charge in [0.2, 0.25) is 5.91 Å². The number of aromatic nitrogens is 1. The van der Waals surface area contributed by atoms with Gasteiger partial charge in [0.15, 0.2) is 0 Å². The topological polar surface area (TPSA) is 80.0 Å². The molecule has 1 fully saturated rings. The highest BCUT2D eigenvalue weighted by Crippen LogP contribution is 2.23. The van der Waals surface area contributed by atoms with E-state index in [1.165, 1.54) is 19.3 Å². The minimum atomic E-state index is 0.191. The van der Waals surface area contributed by atoms with Crippen LogP contribution >= 0.6 is 0 Å². The number of pyridine rings is 1. The van der Waals surface area contributed by atoms with Gasteiger partial charge < -0.3 is 16.4 Å². The summed E-state index contributed by atoms with van der Waals surface area (Å²) in [7, 11) is 0. The van der Waals surface area contributed by atoms with E-state index in [0.717, 1.165) is 18.4 Å². The summed E-state index contributed by atoms with van der Waals surface area (Å²) in [5, 5.41) is 6.15. The van der Waals surface area contributed by atoms with Crippen LogP contribution in [0.15, 0.2) is 12.3 Å². The van der Waals surface area contributed by atoms with Crippen LogP contribution in [0.4, 0.5) is 11.5 Å². The van der Waals surface area contributed by atoms with Crippen molar-refractivity contribution in [3.8, 4) is 0 Å². The molecule has 1 aliphatic rings. The van der Waals surface area contributed by atoms with Gasteiger partial charge in [-0.3, -0.25) is 4.79 Å². The van der Waals surface area contributed by atoms with E-state index in [9.17, 15) is 4.79 Å². The number of carbonyl (C=O) groups excluding carboxylic acids is 1. The second kappa shape index (κ2) is 7.12. The molecule has 1 amide bonds. The van der Waals surface area contributed by atoms with Crippen LogP contribution in [-0.2, 0) is 4.79 Å². The summed E-state index contributed by atoms with van der Waals surface area (Å²) in [5.41, 5.74) is 7.61. The van der Waals surface area contributed by atoms with Crippen molar-refractivity contribution in [3.05, 3.63) is 17.8 Å². The number of amides is 1. The van der Waals surface area contributed by atoms with Crippen molar-refractivity contribution in [1.29, 1.82) is 0 Å². The van der Waals surface area contributed by atoms with Crippen LogP contribution < -0.4 is 16.4 Å². The first-order valence-corrected chi connectivity index (χ1v) is 7.41. The first-order valence-electron chi connectivity index (χ1n) is 7.41. The van der Waals surface area contributed by atoms with Crippen LogP contribution in [-0.4, -0.2) is 24.0 Å². The first-order chi connectivity index (χ1) is 9.68. The number of hydrogen-bond acceptors (Lipinski definition) is 4. The molecule has 2 rings (SSSR count). The zero-order valence-electron chi connectivity index (χ0n) is 12.1. The minimum Gasteiger partial charge on any atom is -0.396 e. The average molecular weight is 276 g/mol. The summed E-state index contributed by atoms with van der Waals surface area (Å²) >= 11 is 0. The molecule has 0 spiro atoms. The summed E-state index contributed by atoms with van der Waals surface area (Å²) in [6, 6.07) is 1.88. The van der Waals surface area contributed by atoms with Crippen molar-refractivity contribution in [2.45, 2.75) is 39.0 Å². The maximum atomic E-state index is 12.0. The zero-order chi connectivity index (χ0) is 14.4. The highest BCUT2D eigenvalue weighted by atomic mass is 16.1. The van der Waals surface area contributed by atoms with Crippen molar-refractivity contribution in [2.75, 3.05) is 24.1 Å². The number of anilines is 2. The lowest BCUT2D eigenvalue weighted by atomic mass is 9.89. The van der Waals surface area contributed by atoms with E-state index >= 15 is 0 Å². The normalized spacial score (nSPS) is 15.8. The predicted molar refractivity (Wildman–Crippen MR) is 81.5 cm³/mol. The Hall–Kier alpha value is -1.78. The highest BCUT2D eigenvalue weighted by Gasteiger charge is 2.20. The molecular formula is C15H24N4O. The van der Waals surface area contributed by atoms with Crippen molar-refractivity contribution >= 4 is 17.4 Å². The lowest BCUT2D eigenvalue weighted by molar-refractivity contribution is -0.125. The maximum absolute atomic E-state index is 12.0. The molecule has 0 bridgehead atoms. The molecule has 5 nitrogen and oxygen atoms in total. The Morgan fingerprint density at radius 2 is 2.10 bits per heavy atom. The first kappa shape index (κ1) is 14.6. The molecule has 0 unspecified atom stereocenters. The Bertz CT molecular complexity index is 455. The molecule has 20 heavy (non-hydrogen) atoms. The third-order valence-electron chi connectivity index (χ3n) is 3.90. The lowest BCUT2D eigenvalue weighted by Crippen LogP contribution is -2.35. The zero-order valence-corrected chi connectivity index (χ0v) is 12.1. The number of nitrogen functional groups attached to an aromatic ring is 1. The SMILES string of the molecule is Cc1ccnc(NCCNC(=O)C2CCCCC2)c1N. The largest absolute Gasteiger partial charge is 0.396 e. The molecule has 1 aromatic heterocycles. The molecule has 0 aromatic carbocycles.